The lowest BCUT2D eigenvalue weighted by Gasteiger charge is -2.10. The highest BCUT2D eigenvalue weighted by Gasteiger charge is 2.14. The Bertz CT molecular complexity index is 1180. The van der Waals surface area contributed by atoms with Gasteiger partial charge in [0.2, 0.25) is 10.0 Å². The molecule has 3 rings (SSSR count). The van der Waals surface area contributed by atoms with Crippen molar-refractivity contribution >= 4 is 21.6 Å². The lowest BCUT2D eigenvalue weighted by Crippen LogP contribution is -2.20. The van der Waals surface area contributed by atoms with E-state index < -0.39 is 10.0 Å². The Morgan fingerprint density at radius 2 is 1.76 bits per heavy atom. The molecule has 0 heterocycles. The molecule has 3 aromatic carbocycles. The maximum absolute atomic E-state index is 12.1. The summed E-state index contributed by atoms with van der Waals surface area (Å²) in [4.78, 5) is 12.1. The second-order valence-electron chi connectivity index (χ2n) is 6.10. The third-order valence-corrected chi connectivity index (χ3v) is 4.98. The summed E-state index contributed by atoms with van der Waals surface area (Å²) < 4.78 is 28.9. The van der Waals surface area contributed by atoms with Crippen molar-refractivity contribution in [1.29, 1.82) is 5.26 Å². The number of nitrogens with zero attached hydrogens (tertiary/aromatic N) is 1. The Balaban J connectivity index is 1.67. The normalized spacial score (nSPS) is 10.8. The van der Waals surface area contributed by atoms with Gasteiger partial charge in [-0.15, -0.1) is 0 Å². The van der Waals surface area contributed by atoms with Crippen molar-refractivity contribution in [2.75, 3.05) is 11.9 Å². The topological polar surface area (TPSA) is 122 Å². The van der Waals surface area contributed by atoms with Crippen molar-refractivity contribution in [3.05, 3.63) is 78.4 Å². The zero-order valence-electron chi connectivity index (χ0n) is 15.2. The van der Waals surface area contributed by atoms with Gasteiger partial charge in [-0.1, -0.05) is 36.4 Å². The van der Waals surface area contributed by atoms with Crippen molar-refractivity contribution in [3.8, 4) is 22.9 Å². The van der Waals surface area contributed by atoms with Crippen LogP contribution >= 0.6 is 0 Å². The van der Waals surface area contributed by atoms with E-state index in [9.17, 15) is 13.2 Å². The largest absolute Gasteiger partial charge is 0.484 e. The van der Waals surface area contributed by atoms with Crippen LogP contribution in [0.25, 0.3) is 11.1 Å². The van der Waals surface area contributed by atoms with Crippen molar-refractivity contribution in [3.63, 3.8) is 0 Å². The van der Waals surface area contributed by atoms with Gasteiger partial charge in [-0.3, -0.25) is 4.79 Å². The summed E-state index contributed by atoms with van der Waals surface area (Å²) in [7, 11) is -3.86. The summed E-state index contributed by atoms with van der Waals surface area (Å²) in [5.74, 6) is 0.0548. The molecule has 0 aliphatic carbocycles. The van der Waals surface area contributed by atoms with Gasteiger partial charge in [-0.05, 0) is 42.0 Å². The molecule has 0 saturated carbocycles. The molecule has 3 N–H and O–H groups in total. The van der Waals surface area contributed by atoms with Gasteiger partial charge < -0.3 is 10.1 Å². The third-order valence-electron chi connectivity index (χ3n) is 4.01. The van der Waals surface area contributed by atoms with Crippen LogP contribution in [-0.2, 0) is 14.8 Å². The highest BCUT2D eigenvalue weighted by molar-refractivity contribution is 7.89. The third kappa shape index (κ3) is 5.19. The van der Waals surface area contributed by atoms with Crippen molar-refractivity contribution in [2.45, 2.75) is 4.90 Å². The zero-order chi connectivity index (χ0) is 20.9. The summed E-state index contributed by atoms with van der Waals surface area (Å²) in [5, 5.41) is 16.8. The summed E-state index contributed by atoms with van der Waals surface area (Å²) in [5.41, 5.74) is 2.10. The molecule has 8 heteroatoms. The Morgan fingerprint density at radius 3 is 2.45 bits per heavy atom. The van der Waals surface area contributed by atoms with Gasteiger partial charge >= 0.3 is 0 Å². The fourth-order valence-electron chi connectivity index (χ4n) is 2.69. The first-order valence-electron chi connectivity index (χ1n) is 8.52. The van der Waals surface area contributed by atoms with Gasteiger partial charge in [-0.2, -0.15) is 5.26 Å². The van der Waals surface area contributed by atoms with E-state index in [-0.39, 0.29) is 17.4 Å². The maximum atomic E-state index is 12.1. The van der Waals surface area contributed by atoms with E-state index in [4.69, 9.17) is 15.1 Å². The molecule has 3 aromatic rings. The minimum atomic E-state index is -3.86. The molecule has 0 aromatic heterocycles. The van der Waals surface area contributed by atoms with Gasteiger partial charge in [0.05, 0.1) is 16.5 Å². The average Bonchev–Trinajstić information content (AvgIpc) is 2.72. The number of nitriles is 1. The Kier molecular flexibility index (Phi) is 5.93. The first kappa shape index (κ1) is 20.1. The van der Waals surface area contributed by atoms with E-state index in [1.807, 2.05) is 6.07 Å². The minimum Gasteiger partial charge on any atom is -0.484 e. The molecule has 0 aliphatic rings. The fourth-order valence-corrected chi connectivity index (χ4v) is 3.45. The number of nitrogens with one attached hydrogen (secondary N) is 1. The second kappa shape index (κ2) is 8.56. The predicted octanol–water partition coefficient (Wildman–Crippen LogP) is 2.89. The molecule has 1 amide bonds. The van der Waals surface area contributed by atoms with E-state index in [0.717, 1.165) is 0 Å². The van der Waals surface area contributed by atoms with Crippen LogP contribution < -0.4 is 15.2 Å². The average molecular weight is 407 g/mol. The van der Waals surface area contributed by atoms with Crippen LogP contribution in [0.1, 0.15) is 5.56 Å². The van der Waals surface area contributed by atoms with Crippen LogP contribution in [0.2, 0.25) is 0 Å². The first-order chi connectivity index (χ1) is 13.9. The number of anilines is 1. The number of carbonyl (C=O) groups excluding carboxylic acids is 1. The molecule has 7 nitrogen and oxygen atoms in total. The predicted molar refractivity (Wildman–Crippen MR) is 109 cm³/mol. The van der Waals surface area contributed by atoms with Gasteiger partial charge in [0.25, 0.3) is 5.91 Å². The molecule has 0 fully saturated rings. The quantitative estimate of drug-likeness (QED) is 0.650. The smallest absolute Gasteiger partial charge is 0.262 e. The number of carbonyl (C=O) groups is 1. The molecule has 0 aliphatic heterocycles. The number of sulfonamides is 1. The monoisotopic (exact) mass is 407 g/mol. The number of ether oxygens (including phenoxy) is 1. The van der Waals surface area contributed by atoms with E-state index >= 15 is 0 Å². The Morgan fingerprint density at radius 1 is 1.03 bits per heavy atom. The fraction of sp³-hybridized carbons (Fsp3) is 0.0476. The lowest BCUT2D eigenvalue weighted by molar-refractivity contribution is -0.118. The highest BCUT2D eigenvalue weighted by Crippen LogP contribution is 2.27. The highest BCUT2D eigenvalue weighted by atomic mass is 32.2. The van der Waals surface area contributed by atoms with Crippen LogP contribution in [0.5, 0.6) is 5.75 Å². The summed E-state index contributed by atoms with van der Waals surface area (Å²) >= 11 is 0. The summed E-state index contributed by atoms with van der Waals surface area (Å²) in [6, 6.07) is 21.6. The molecular formula is C21H17N3O4S. The first-order valence-corrected chi connectivity index (χ1v) is 10.1. The number of primary sulfonamides is 1. The van der Waals surface area contributed by atoms with Gasteiger partial charge in [0, 0.05) is 11.3 Å². The molecule has 146 valence electrons. The molecular weight excluding hydrogens is 390 g/mol. The number of hydrogen-bond donors (Lipinski definition) is 2. The van der Waals surface area contributed by atoms with Gasteiger partial charge in [0.15, 0.2) is 6.61 Å². The number of rotatable bonds is 6. The maximum Gasteiger partial charge on any atom is 0.262 e. The van der Waals surface area contributed by atoms with Crippen molar-refractivity contribution < 1.29 is 17.9 Å². The van der Waals surface area contributed by atoms with E-state index in [0.29, 0.717) is 28.1 Å². The van der Waals surface area contributed by atoms with Crippen molar-refractivity contribution in [1.82, 2.24) is 0 Å². The zero-order valence-corrected chi connectivity index (χ0v) is 16.0. The molecule has 0 atom stereocenters. The molecule has 0 bridgehead atoms. The second-order valence-corrected chi connectivity index (χ2v) is 7.62. The van der Waals surface area contributed by atoms with Gasteiger partial charge in [0.1, 0.15) is 5.75 Å². The van der Waals surface area contributed by atoms with E-state index in [1.54, 1.807) is 66.7 Å². The minimum absolute atomic E-state index is 0.0322. The molecule has 0 unspecified atom stereocenters. The lowest BCUT2D eigenvalue weighted by atomic mass is 10.1. The van der Waals surface area contributed by atoms with Crippen LogP contribution in [0, 0.1) is 11.3 Å². The van der Waals surface area contributed by atoms with Crippen LogP contribution in [0.3, 0.4) is 0 Å². The van der Waals surface area contributed by atoms with Gasteiger partial charge in [-0.25, -0.2) is 13.6 Å². The molecule has 0 radical (unpaired) electrons. The van der Waals surface area contributed by atoms with Crippen LogP contribution in [0.15, 0.2) is 77.7 Å². The number of hydrogen-bond acceptors (Lipinski definition) is 5. The molecule has 0 spiro atoms. The molecule has 0 saturated heterocycles. The van der Waals surface area contributed by atoms with E-state index in [1.165, 1.54) is 6.07 Å². The van der Waals surface area contributed by atoms with Crippen LogP contribution in [0.4, 0.5) is 5.69 Å². The van der Waals surface area contributed by atoms with E-state index in [2.05, 4.69) is 5.32 Å². The summed E-state index contributed by atoms with van der Waals surface area (Å²) in [6.45, 7) is -0.217. The van der Waals surface area contributed by atoms with Crippen molar-refractivity contribution in [2.24, 2.45) is 5.14 Å². The number of amides is 1. The SMILES string of the molecule is N#Cc1cccc(OCC(=O)Nc2ccc(-c3ccccc3S(N)(=O)=O)cc2)c1. The Hall–Kier alpha value is -3.67. The number of nitrogens with two attached hydrogens (primary N) is 1. The number of benzene rings is 3. The Labute approximate surface area is 168 Å². The van der Waals surface area contributed by atoms with Crippen LogP contribution in [-0.4, -0.2) is 20.9 Å². The molecule has 29 heavy (non-hydrogen) atoms. The summed E-state index contributed by atoms with van der Waals surface area (Å²) in [6.07, 6.45) is 0. The standard InChI is InChI=1S/C21H17N3O4S/c22-13-15-4-3-5-18(12-15)28-14-21(25)24-17-10-8-16(9-11-17)19-6-1-2-7-20(19)29(23,26)27/h1-12H,14H2,(H,24,25)(H2,23,26,27).